The van der Waals surface area contributed by atoms with Gasteiger partial charge in [0.25, 0.3) is 0 Å². The molecule has 0 aromatic rings. The van der Waals surface area contributed by atoms with E-state index in [-0.39, 0.29) is 5.81 Å². The van der Waals surface area contributed by atoms with Crippen molar-refractivity contribution in [3.8, 4) is 0 Å². The highest BCUT2D eigenvalue weighted by Gasteiger charge is 2.21. The lowest BCUT2D eigenvalue weighted by molar-refractivity contribution is 0.258. The third-order valence-corrected chi connectivity index (χ3v) is 1.68. The third-order valence-electron chi connectivity index (χ3n) is 1.68. The fraction of sp³-hybridized carbons (Fsp3) is 0.800. The molecule has 0 unspecified atom stereocenters. The van der Waals surface area contributed by atoms with E-state index in [1.165, 1.54) is 6.42 Å². The Kier molecular flexibility index (Phi) is 2.11. The van der Waals surface area contributed by atoms with E-state index in [0.717, 1.165) is 12.8 Å². The third kappa shape index (κ3) is 1.71. The molecule has 0 bridgehead atoms. The Morgan fingerprint density at radius 3 is 2.67 bits per heavy atom. The predicted molar refractivity (Wildman–Crippen MR) is 36.1 cm³/mol. The molecule has 3 nitrogen and oxygen atoms in total. The summed E-state index contributed by atoms with van der Waals surface area (Å²) in [5.74, 6) is 5.21. The number of hydrogen-bond donors (Lipinski definition) is 2. The van der Waals surface area contributed by atoms with Crippen molar-refractivity contribution < 1.29 is 4.79 Å². The Morgan fingerprint density at radius 1 is 1.67 bits per heavy atom. The second kappa shape index (κ2) is 2.87. The van der Waals surface area contributed by atoms with E-state index in [1.54, 1.807) is 7.28 Å². The van der Waals surface area contributed by atoms with E-state index >= 15 is 0 Å². The molecule has 0 spiro atoms. The van der Waals surface area contributed by atoms with Gasteiger partial charge in [0, 0.05) is 0 Å². The van der Waals surface area contributed by atoms with Crippen LogP contribution < -0.4 is 11.3 Å². The molecule has 3 N–H and O–H groups in total. The van der Waals surface area contributed by atoms with Gasteiger partial charge in [0.1, 0.15) is 0 Å². The van der Waals surface area contributed by atoms with Crippen LogP contribution in [0, 0.1) is 0 Å². The maximum absolute atomic E-state index is 10.5. The van der Waals surface area contributed by atoms with Gasteiger partial charge >= 0.3 is 0 Å². The van der Waals surface area contributed by atoms with Gasteiger partial charge < -0.3 is 5.43 Å². The Morgan fingerprint density at radius 2 is 2.33 bits per heavy atom. The summed E-state index contributed by atoms with van der Waals surface area (Å²) >= 11 is 0. The summed E-state index contributed by atoms with van der Waals surface area (Å²) < 4.78 is 0. The van der Waals surface area contributed by atoms with Crippen LogP contribution in [-0.2, 0) is 0 Å². The molecular formula is C5H10BN2O. The van der Waals surface area contributed by atoms with Gasteiger partial charge in [-0.25, -0.2) is 5.84 Å². The van der Waals surface area contributed by atoms with Crippen LogP contribution in [0.2, 0.25) is 5.82 Å². The molecule has 0 aliphatic heterocycles. The number of carbonyl (C=O) groups is 1. The monoisotopic (exact) mass is 125 g/mol. The van der Waals surface area contributed by atoms with Crippen LogP contribution in [0.3, 0.4) is 0 Å². The summed E-state index contributed by atoms with van der Waals surface area (Å²) in [5.41, 5.74) is 2.07. The van der Waals surface area contributed by atoms with Crippen LogP contribution in [0.15, 0.2) is 0 Å². The Hall–Kier alpha value is -0.505. The average Bonchev–Trinajstić information content (AvgIpc) is 1.78. The standard InChI is InChI=1S/C5H10BN2O/c7-8-5(9)6-4-2-1-3-4/h4H,1-3,7H2,(H,8,9). The minimum Gasteiger partial charge on any atom is -0.304 e. The minimum atomic E-state index is -0.153. The molecule has 4 heteroatoms. The van der Waals surface area contributed by atoms with Gasteiger partial charge in [-0.3, -0.25) is 4.79 Å². The first kappa shape index (κ1) is 6.61. The van der Waals surface area contributed by atoms with E-state index in [1.807, 2.05) is 0 Å². The maximum Gasteiger partial charge on any atom is 0.237 e. The summed E-state index contributed by atoms with van der Waals surface area (Å²) in [5, 5.41) is 0. The number of nitrogens with two attached hydrogens (primary N) is 1. The van der Waals surface area contributed by atoms with E-state index in [4.69, 9.17) is 5.84 Å². The lowest BCUT2D eigenvalue weighted by atomic mass is 9.55. The van der Waals surface area contributed by atoms with Gasteiger partial charge in [0.05, 0.1) is 0 Å². The molecule has 1 fully saturated rings. The Balaban J connectivity index is 2.09. The van der Waals surface area contributed by atoms with Crippen LogP contribution >= 0.6 is 0 Å². The first-order valence-corrected chi connectivity index (χ1v) is 3.18. The van der Waals surface area contributed by atoms with E-state index in [0.29, 0.717) is 5.82 Å². The van der Waals surface area contributed by atoms with Gasteiger partial charge in [0.15, 0.2) is 5.81 Å². The van der Waals surface area contributed by atoms with Crippen molar-refractivity contribution in [2.45, 2.75) is 25.1 Å². The number of carbonyl (C=O) groups excluding carboxylic acids is 1. The first-order chi connectivity index (χ1) is 4.33. The molecule has 1 radical (unpaired) electrons. The van der Waals surface area contributed by atoms with Gasteiger partial charge in [-0.15, -0.1) is 0 Å². The maximum atomic E-state index is 10.5. The summed E-state index contributed by atoms with van der Waals surface area (Å²) in [6.45, 7) is 0. The second-order valence-corrected chi connectivity index (χ2v) is 2.37. The van der Waals surface area contributed by atoms with Crippen LogP contribution in [0.25, 0.3) is 0 Å². The largest absolute Gasteiger partial charge is 0.304 e. The average molecular weight is 125 g/mol. The zero-order valence-corrected chi connectivity index (χ0v) is 5.26. The highest BCUT2D eigenvalue weighted by atomic mass is 16.1. The number of hydrogen-bond acceptors (Lipinski definition) is 2. The minimum absolute atomic E-state index is 0.153. The summed E-state index contributed by atoms with van der Waals surface area (Å²) in [6.07, 6.45) is 3.54. The smallest absolute Gasteiger partial charge is 0.237 e. The van der Waals surface area contributed by atoms with Crippen molar-refractivity contribution in [3.05, 3.63) is 0 Å². The van der Waals surface area contributed by atoms with Crippen molar-refractivity contribution in [1.82, 2.24) is 5.43 Å². The first-order valence-electron chi connectivity index (χ1n) is 3.18. The van der Waals surface area contributed by atoms with E-state index in [9.17, 15) is 4.79 Å². The van der Waals surface area contributed by atoms with E-state index in [2.05, 4.69) is 5.43 Å². The lowest BCUT2D eigenvalue weighted by Gasteiger charge is -2.22. The molecular weight excluding hydrogens is 115 g/mol. The van der Waals surface area contributed by atoms with E-state index < -0.39 is 0 Å². The van der Waals surface area contributed by atoms with Crippen LogP contribution in [0.1, 0.15) is 19.3 Å². The fourth-order valence-electron chi connectivity index (χ4n) is 0.869. The summed E-state index contributed by atoms with van der Waals surface area (Å²) in [4.78, 5) is 10.5. The Bertz CT molecular complexity index is 114. The normalized spacial score (nSPS) is 18.3. The highest BCUT2D eigenvalue weighted by Crippen LogP contribution is 2.30. The molecule has 0 heterocycles. The number of amides is 1. The van der Waals surface area contributed by atoms with Crippen molar-refractivity contribution in [2.24, 2.45) is 5.84 Å². The molecule has 9 heavy (non-hydrogen) atoms. The lowest BCUT2D eigenvalue weighted by Crippen LogP contribution is -2.36. The van der Waals surface area contributed by atoms with Crippen molar-refractivity contribution in [3.63, 3.8) is 0 Å². The molecule has 49 valence electrons. The van der Waals surface area contributed by atoms with Crippen molar-refractivity contribution in [2.75, 3.05) is 0 Å². The number of hydrazine groups is 1. The topological polar surface area (TPSA) is 55.1 Å². The zero-order valence-electron chi connectivity index (χ0n) is 5.26. The molecule has 0 saturated heterocycles. The van der Waals surface area contributed by atoms with Gasteiger partial charge in [0.2, 0.25) is 7.28 Å². The highest BCUT2D eigenvalue weighted by molar-refractivity contribution is 6.74. The fourth-order valence-corrected chi connectivity index (χ4v) is 0.869. The van der Waals surface area contributed by atoms with Crippen molar-refractivity contribution in [1.29, 1.82) is 0 Å². The van der Waals surface area contributed by atoms with Crippen LogP contribution in [-0.4, -0.2) is 13.1 Å². The molecule has 1 amide bonds. The quantitative estimate of drug-likeness (QED) is 0.240. The molecule has 0 aromatic heterocycles. The van der Waals surface area contributed by atoms with Gasteiger partial charge in [-0.2, -0.15) is 0 Å². The zero-order chi connectivity index (χ0) is 6.69. The number of nitrogens with one attached hydrogen (secondary N) is 1. The molecule has 0 aromatic carbocycles. The van der Waals surface area contributed by atoms with Gasteiger partial charge in [-0.1, -0.05) is 25.1 Å². The molecule has 1 aliphatic rings. The molecule has 0 atom stereocenters. The Labute approximate surface area is 55.2 Å². The SMILES string of the molecule is NNC(=O)[B]C1CCC1. The molecule has 1 aliphatic carbocycles. The molecule has 1 rings (SSSR count). The van der Waals surface area contributed by atoms with Crippen LogP contribution in [0.4, 0.5) is 4.79 Å². The summed E-state index contributed by atoms with van der Waals surface area (Å²) in [6, 6.07) is 0. The molecule has 1 saturated carbocycles. The second-order valence-electron chi connectivity index (χ2n) is 2.37. The number of rotatable bonds is 2. The van der Waals surface area contributed by atoms with Crippen molar-refractivity contribution >= 4 is 13.1 Å². The van der Waals surface area contributed by atoms with Crippen LogP contribution in [0.5, 0.6) is 0 Å². The van der Waals surface area contributed by atoms with Gasteiger partial charge in [-0.05, 0) is 0 Å². The summed E-state index contributed by atoms with van der Waals surface area (Å²) in [7, 11) is 1.66. The predicted octanol–water partition coefficient (Wildman–Crippen LogP) is 0.246.